The predicted molar refractivity (Wildman–Crippen MR) is 80.0 cm³/mol. The summed E-state index contributed by atoms with van der Waals surface area (Å²) in [6.07, 6.45) is 5.23. The van der Waals surface area contributed by atoms with E-state index in [1.807, 2.05) is 13.8 Å². The summed E-state index contributed by atoms with van der Waals surface area (Å²) in [5.74, 6) is 0.794. The maximum atomic E-state index is 12.3. The standard InChI is InChI=1S/C15H24N4O/c1-5-15(6-7-15)9-18-14(20)12-11(16-4)8-17-13(19-12)10(2)3/h8,10,16H,5-7,9H2,1-4H3,(H,18,20). The van der Waals surface area contributed by atoms with Crippen LogP contribution in [0.5, 0.6) is 0 Å². The third-order valence-corrected chi connectivity index (χ3v) is 4.14. The van der Waals surface area contributed by atoms with Crippen LogP contribution >= 0.6 is 0 Å². The SMILES string of the molecule is CCC1(CNC(=O)c2nc(C(C)C)ncc2NC)CC1. The van der Waals surface area contributed by atoms with Crippen LogP contribution in [0.4, 0.5) is 5.69 Å². The number of aromatic nitrogens is 2. The number of nitrogens with one attached hydrogen (secondary N) is 2. The van der Waals surface area contributed by atoms with Crippen molar-refractivity contribution in [3.8, 4) is 0 Å². The molecule has 2 N–H and O–H groups in total. The molecule has 110 valence electrons. The quantitative estimate of drug-likeness (QED) is 0.838. The lowest BCUT2D eigenvalue weighted by atomic mass is 10.0. The van der Waals surface area contributed by atoms with Crippen molar-refractivity contribution in [1.29, 1.82) is 0 Å². The van der Waals surface area contributed by atoms with Crippen LogP contribution in [0.15, 0.2) is 6.20 Å². The average Bonchev–Trinajstić information content (AvgIpc) is 3.24. The van der Waals surface area contributed by atoms with Gasteiger partial charge in [0.2, 0.25) is 0 Å². The lowest BCUT2D eigenvalue weighted by Crippen LogP contribution is -2.31. The van der Waals surface area contributed by atoms with Crippen molar-refractivity contribution in [1.82, 2.24) is 15.3 Å². The number of carbonyl (C=O) groups is 1. The second kappa shape index (κ2) is 5.77. The van der Waals surface area contributed by atoms with Crippen LogP contribution in [0.25, 0.3) is 0 Å². The summed E-state index contributed by atoms with van der Waals surface area (Å²) in [5, 5.41) is 6.01. The summed E-state index contributed by atoms with van der Waals surface area (Å²) >= 11 is 0. The molecular weight excluding hydrogens is 252 g/mol. The first-order valence-electron chi connectivity index (χ1n) is 7.34. The number of nitrogens with zero attached hydrogens (tertiary/aromatic N) is 2. The van der Waals surface area contributed by atoms with E-state index in [9.17, 15) is 4.79 Å². The molecule has 1 amide bonds. The van der Waals surface area contributed by atoms with Gasteiger partial charge in [0, 0.05) is 19.5 Å². The van der Waals surface area contributed by atoms with Gasteiger partial charge in [-0.3, -0.25) is 4.79 Å². The third-order valence-electron chi connectivity index (χ3n) is 4.14. The molecule has 0 aromatic carbocycles. The molecule has 5 heteroatoms. The van der Waals surface area contributed by atoms with E-state index < -0.39 is 0 Å². The van der Waals surface area contributed by atoms with Gasteiger partial charge in [0.05, 0.1) is 11.9 Å². The van der Waals surface area contributed by atoms with E-state index in [1.54, 1.807) is 13.2 Å². The summed E-state index contributed by atoms with van der Waals surface area (Å²) in [6.45, 7) is 6.96. The molecule has 0 saturated heterocycles. The third kappa shape index (κ3) is 3.08. The van der Waals surface area contributed by atoms with Gasteiger partial charge in [-0.1, -0.05) is 20.8 Å². The van der Waals surface area contributed by atoms with Crippen LogP contribution in [0, 0.1) is 5.41 Å². The van der Waals surface area contributed by atoms with Crippen LogP contribution in [-0.4, -0.2) is 29.5 Å². The monoisotopic (exact) mass is 276 g/mol. The van der Waals surface area contributed by atoms with Gasteiger partial charge in [0.25, 0.3) is 5.91 Å². The summed E-state index contributed by atoms with van der Waals surface area (Å²) < 4.78 is 0. The molecule has 1 aromatic heterocycles. The van der Waals surface area contributed by atoms with Gasteiger partial charge >= 0.3 is 0 Å². The molecule has 1 fully saturated rings. The molecule has 1 saturated carbocycles. The fourth-order valence-corrected chi connectivity index (χ4v) is 2.21. The molecule has 0 spiro atoms. The average molecular weight is 276 g/mol. The molecule has 0 atom stereocenters. The van der Waals surface area contributed by atoms with E-state index in [-0.39, 0.29) is 11.8 Å². The number of hydrogen-bond acceptors (Lipinski definition) is 4. The van der Waals surface area contributed by atoms with Gasteiger partial charge in [-0.25, -0.2) is 9.97 Å². The van der Waals surface area contributed by atoms with Crippen molar-refractivity contribution in [3.05, 3.63) is 17.7 Å². The van der Waals surface area contributed by atoms with Gasteiger partial charge in [-0.2, -0.15) is 0 Å². The Labute approximate surface area is 120 Å². The number of amides is 1. The Bertz CT molecular complexity index is 495. The second-order valence-corrected chi connectivity index (χ2v) is 5.93. The minimum absolute atomic E-state index is 0.113. The normalized spacial score (nSPS) is 16.1. The number of carbonyl (C=O) groups excluding carboxylic acids is 1. The molecule has 5 nitrogen and oxygen atoms in total. The van der Waals surface area contributed by atoms with Crippen molar-refractivity contribution in [3.63, 3.8) is 0 Å². The van der Waals surface area contributed by atoms with Gasteiger partial charge in [0.15, 0.2) is 5.69 Å². The van der Waals surface area contributed by atoms with Crippen molar-refractivity contribution < 1.29 is 4.79 Å². The Morgan fingerprint density at radius 3 is 2.65 bits per heavy atom. The van der Waals surface area contributed by atoms with Crippen molar-refractivity contribution in [2.24, 2.45) is 5.41 Å². The van der Waals surface area contributed by atoms with Crippen LogP contribution < -0.4 is 10.6 Å². The highest BCUT2D eigenvalue weighted by molar-refractivity contribution is 5.97. The number of hydrogen-bond donors (Lipinski definition) is 2. The zero-order chi connectivity index (χ0) is 14.8. The fraction of sp³-hybridized carbons (Fsp3) is 0.667. The topological polar surface area (TPSA) is 66.9 Å². The Balaban J connectivity index is 2.12. The summed E-state index contributed by atoms with van der Waals surface area (Å²) in [6, 6.07) is 0. The van der Waals surface area contributed by atoms with Gasteiger partial charge < -0.3 is 10.6 Å². The van der Waals surface area contributed by atoms with E-state index in [0.29, 0.717) is 22.6 Å². The highest BCUT2D eigenvalue weighted by Gasteiger charge is 2.40. The molecule has 0 unspecified atom stereocenters. The Kier molecular flexibility index (Phi) is 4.26. The highest BCUT2D eigenvalue weighted by atomic mass is 16.1. The minimum atomic E-state index is -0.113. The van der Waals surface area contributed by atoms with E-state index in [4.69, 9.17) is 0 Å². The first-order chi connectivity index (χ1) is 9.51. The molecule has 0 bridgehead atoms. The van der Waals surface area contributed by atoms with Crippen LogP contribution in [0.2, 0.25) is 0 Å². The maximum absolute atomic E-state index is 12.3. The van der Waals surface area contributed by atoms with Crippen LogP contribution in [0.1, 0.15) is 62.3 Å². The molecule has 0 radical (unpaired) electrons. The molecule has 2 rings (SSSR count). The maximum Gasteiger partial charge on any atom is 0.272 e. The molecule has 1 aliphatic rings. The van der Waals surface area contributed by atoms with Crippen LogP contribution in [-0.2, 0) is 0 Å². The summed E-state index contributed by atoms with van der Waals surface area (Å²) in [5.41, 5.74) is 1.45. The molecule has 20 heavy (non-hydrogen) atoms. The van der Waals surface area contributed by atoms with E-state index in [2.05, 4.69) is 27.5 Å². The van der Waals surface area contributed by atoms with E-state index >= 15 is 0 Å². The largest absolute Gasteiger partial charge is 0.385 e. The number of rotatable bonds is 6. The molecule has 1 aromatic rings. The molecule has 1 heterocycles. The Morgan fingerprint density at radius 2 is 2.15 bits per heavy atom. The first-order valence-corrected chi connectivity index (χ1v) is 7.34. The van der Waals surface area contributed by atoms with E-state index in [1.165, 1.54) is 12.8 Å². The predicted octanol–water partition coefficient (Wildman–Crippen LogP) is 2.56. The Hall–Kier alpha value is -1.65. The number of anilines is 1. The highest BCUT2D eigenvalue weighted by Crippen LogP contribution is 2.47. The summed E-state index contributed by atoms with van der Waals surface area (Å²) in [4.78, 5) is 21.0. The zero-order valence-electron chi connectivity index (χ0n) is 12.8. The van der Waals surface area contributed by atoms with Crippen molar-refractivity contribution in [2.75, 3.05) is 18.9 Å². The lowest BCUT2D eigenvalue weighted by Gasteiger charge is -2.15. The van der Waals surface area contributed by atoms with Gasteiger partial charge in [0.1, 0.15) is 5.82 Å². The molecule has 1 aliphatic carbocycles. The van der Waals surface area contributed by atoms with Crippen LogP contribution in [0.3, 0.4) is 0 Å². The van der Waals surface area contributed by atoms with Crippen molar-refractivity contribution >= 4 is 11.6 Å². The lowest BCUT2D eigenvalue weighted by molar-refractivity contribution is 0.0939. The molecule has 0 aliphatic heterocycles. The Morgan fingerprint density at radius 1 is 1.45 bits per heavy atom. The zero-order valence-corrected chi connectivity index (χ0v) is 12.8. The van der Waals surface area contributed by atoms with Gasteiger partial charge in [-0.05, 0) is 24.7 Å². The smallest absolute Gasteiger partial charge is 0.272 e. The second-order valence-electron chi connectivity index (χ2n) is 5.93. The minimum Gasteiger partial charge on any atom is -0.385 e. The fourth-order valence-electron chi connectivity index (χ4n) is 2.21. The van der Waals surface area contributed by atoms with Crippen molar-refractivity contribution in [2.45, 2.75) is 46.0 Å². The molecular formula is C15H24N4O. The van der Waals surface area contributed by atoms with E-state index in [0.717, 1.165) is 13.0 Å². The van der Waals surface area contributed by atoms with Gasteiger partial charge in [-0.15, -0.1) is 0 Å². The first kappa shape index (κ1) is 14.8. The summed E-state index contributed by atoms with van der Waals surface area (Å²) in [7, 11) is 1.78.